The number of hydrogen-bond donors (Lipinski definition) is 5. The SMILES string of the molecule is CCN(NS(=O)(=O)c1cccc2c(N(C)C)cccc12)C(=O)c1ccc(-c2nc3cc(C(=O)NC(Cc4c[nH]c5ccc(OCC(=O)O)cc45)C(=O)O)ccc3n2C2CCCCC2)cc1. The van der Waals surface area contributed by atoms with Crippen molar-refractivity contribution in [2.45, 2.75) is 62.4 Å². The Balaban J connectivity index is 1.04. The van der Waals surface area contributed by atoms with Gasteiger partial charge in [0, 0.05) is 83.4 Å². The van der Waals surface area contributed by atoms with Gasteiger partial charge in [0.1, 0.15) is 17.6 Å². The summed E-state index contributed by atoms with van der Waals surface area (Å²) in [6.45, 7) is 1.21. The second kappa shape index (κ2) is 18.5. The predicted octanol–water partition coefficient (Wildman–Crippen LogP) is 7.15. The molecule has 65 heavy (non-hydrogen) atoms. The molecule has 7 aromatic rings. The van der Waals surface area contributed by atoms with Crippen LogP contribution >= 0.6 is 0 Å². The van der Waals surface area contributed by atoms with Crippen LogP contribution in [0.5, 0.6) is 5.75 Å². The number of sulfonamides is 1. The van der Waals surface area contributed by atoms with Crippen molar-refractivity contribution in [2.24, 2.45) is 0 Å². The van der Waals surface area contributed by atoms with E-state index in [-0.39, 0.29) is 35.0 Å². The first kappa shape index (κ1) is 44.4. The Morgan fingerprint density at radius 2 is 1.60 bits per heavy atom. The molecule has 5 aromatic carbocycles. The van der Waals surface area contributed by atoms with Crippen molar-refractivity contribution in [2.75, 3.05) is 32.1 Å². The van der Waals surface area contributed by atoms with Crippen LogP contribution in [0.3, 0.4) is 0 Å². The smallest absolute Gasteiger partial charge is 0.341 e. The zero-order valence-electron chi connectivity index (χ0n) is 36.1. The first-order valence-electron chi connectivity index (χ1n) is 21.4. The number of carboxylic acid groups (broad SMARTS) is 2. The Hall–Kier alpha value is -7.24. The van der Waals surface area contributed by atoms with Crippen LogP contribution in [0.2, 0.25) is 0 Å². The Morgan fingerprint density at radius 3 is 2.31 bits per heavy atom. The van der Waals surface area contributed by atoms with E-state index in [4.69, 9.17) is 14.8 Å². The van der Waals surface area contributed by atoms with E-state index in [0.29, 0.717) is 44.5 Å². The van der Waals surface area contributed by atoms with E-state index < -0.39 is 46.4 Å². The largest absolute Gasteiger partial charge is 0.482 e. The van der Waals surface area contributed by atoms with Crippen molar-refractivity contribution in [1.29, 1.82) is 0 Å². The number of anilines is 1. The normalized spacial score (nSPS) is 13.8. The van der Waals surface area contributed by atoms with E-state index in [9.17, 15) is 32.7 Å². The summed E-state index contributed by atoms with van der Waals surface area (Å²) in [5, 5.41) is 24.9. The summed E-state index contributed by atoms with van der Waals surface area (Å²) in [6.07, 6.45) is 6.65. The number of fused-ring (bicyclic) bond motifs is 3. The summed E-state index contributed by atoms with van der Waals surface area (Å²) >= 11 is 0. The lowest BCUT2D eigenvalue weighted by Gasteiger charge is -2.26. The van der Waals surface area contributed by atoms with Gasteiger partial charge in [0.05, 0.1) is 15.9 Å². The lowest BCUT2D eigenvalue weighted by Crippen LogP contribution is -2.45. The molecule has 1 aliphatic carbocycles. The highest BCUT2D eigenvalue weighted by molar-refractivity contribution is 7.89. The summed E-state index contributed by atoms with van der Waals surface area (Å²) in [6, 6.07) is 26.2. The fraction of sp³-hybridized carbons (Fsp3) is 0.271. The van der Waals surface area contributed by atoms with Crippen molar-refractivity contribution in [1.82, 2.24) is 29.7 Å². The quantitative estimate of drug-likeness (QED) is 0.0614. The molecular formula is C48H49N7O9S. The Morgan fingerprint density at radius 1 is 0.877 bits per heavy atom. The van der Waals surface area contributed by atoms with Gasteiger partial charge in [-0.2, -0.15) is 0 Å². The maximum Gasteiger partial charge on any atom is 0.341 e. The average Bonchev–Trinajstić information content (AvgIpc) is 3.90. The molecule has 1 aliphatic rings. The number of aromatic amines is 1. The fourth-order valence-electron chi connectivity index (χ4n) is 8.63. The molecule has 5 N–H and O–H groups in total. The Bertz CT molecular complexity index is 3060. The third-order valence-corrected chi connectivity index (χ3v) is 13.2. The van der Waals surface area contributed by atoms with Crippen LogP contribution < -0.4 is 19.8 Å². The molecule has 2 amide bonds. The summed E-state index contributed by atoms with van der Waals surface area (Å²) in [5.41, 5.74) is 4.68. The first-order valence-corrected chi connectivity index (χ1v) is 22.8. The Labute approximate surface area is 374 Å². The highest BCUT2D eigenvalue weighted by atomic mass is 32.2. The molecule has 1 saturated carbocycles. The van der Waals surface area contributed by atoms with Gasteiger partial charge in [0.25, 0.3) is 21.8 Å². The molecule has 0 spiro atoms. The minimum atomic E-state index is -4.18. The minimum absolute atomic E-state index is 0.0524. The molecule has 8 rings (SSSR count). The lowest BCUT2D eigenvalue weighted by atomic mass is 9.94. The van der Waals surface area contributed by atoms with Gasteiger partial charge >= 0.3 is 11.9 Å². The van der Waals surface area contributed by atoms with E-state index in [0.717, 1.165) is 53.7 Å². The van der Waals surface area contributed by atoms with Crippen molar-refractivity contribution in [3.8, 4) is 17.1 Å². The van der Waals surface area contributed by atoms with E-state index in [1.54, 1.807) is 85.9 Å². The molecule has 1 atom stereocenters. The number of aliphatic carboxylic acids is 2. The monoisotopic (exact) mass is 899 g/mol. The number of nitrogens with one attached hydrogen (secondary N) is 3. The molecule has 0 bridgehead atoms. The third-order valence-electron chi connectivity index (χ3n) is 11.8. The topological polar surface area (TPSA) is 216 Å². The van der Waals surface area contributed by atoms with Crippen LogP contribution in [0, 0.1) is 0 Å². The number of imidazole rings is 1. The third kappa shape index (κ3) is 9.23. The van der Waals surface area contributed by atoms with E-state index in [1.165, 1.54) is 6.07 Å². The van der Waals surface area contributed by atoms with Gasteiger partial charge in [-0.3, -0.25) is 14.6 Å². The molecule has 1 unspecified atom stereocenters. The molecule has 16 nitrogen and oxygen atoms in total. The summed E-state index contributed by atoms with van der Waals surface area (Å²) in [5.74, 6) is -2.56. The number of hydrogen-bond acceptors (Lipinski definition) is 9. The number of rotatable bonds is 16. The maximum absolute atomic E-state index is 13.9. The molecular weight excluding hydrogens is 851 g/mol. The minimum Gasteiger partial charge on any atom is -0.482 e. The standard InChI is InChI=1S/C48H49N7O9S/c1-4-54(52-65(62,63)43-15-9-12-35-36(43)13-8-14-41(35)53(2)3)47(59)30-18-16-29(17-19-30)45-50-39-24-31(20-23-42(39)55(45)33-10-6-5-7-11-33)46(58)51-40(48(60)61)25-32-27-49-38-22-21-34(26-37(32)38)64-28-44(56)57/h8-9,12-24,26-27,33,40,49,52H,4-7,10-11,25,28H2,1-3H3,(H,51,58)(H,56,57)(H,60,61). The number of amides is 2. The number of nitrogens with zero attached hydrogens (tertiary/aromatic N) is 4. The van der Waals surface area contributed by atoms with Crippen LogP contribution in [-0.4, -0.2) is 95.2 Å². The number of aromatic nitrogens is 3. The van der Waals surface area contributed by atoms with Crippen LogP contribution in [-0.2, 0) is 26.0 Å². The van der Waals surface area contributed by atoms with Gasteiger partial charge in [0.2, 0.25) is 0 Å². The van der Waals surface area contributed by atoms with E-state index in [1.807, 2.05) is 37.2 Å². The molecule has 336 valence electrons. The number of carboxylic acids is 2. The zero-order chi connectivity index (χ0) is 46.0. The van der Waals surface area contributed by atoms with Crippen LogP contribution in [0.15, 0.2) is 108 Å². The number of benzene rings is 5. The Kier molecular flexibility index (Phi) is 12.6. The highest BCUT2D eigenvalue weighted by Gasteiger charge is 2.28. The second-order valence-corrected chi connectivity index (χ2v) is 17.9. The van der Waals surface area contributed by atoms with Crippen LogP contribution in [0.1, 0.15) is 71.3 Å². The maximum atomic E-state index is 13.9. The number of carbonyl (C=O) groups excluding carboxylic acids is 2. The van der Waals surface area contributed by atoms with Crippen molar-refractivity contribution in [3.63, 3.8) is 0 Å². The second-order valence-electron chi connectivity index (χ2n) is 16.3. The van der Waals surface area contributed by atoms with Crippen LogP contribution in [0.4, 0.5) is 5.69 Å². The van der Waals surface area contributed by atoms with Gasteiger partial charge in [0.15, 0.2) is 6.61 Å². The number of carbonyl (C=O) groups is 4. The molecule has 1 fully saturated rings. The number of hydrazine groups is 1. The van der Waals surface area contributed by atoms with Gasteiger partial charge < -0.3 is 34.7 Å². The lowest BCUT2D eigenvalue weighted by molar-refractivity contribution is -0.140. The van der Waals surface area contributed by atoms with Gasteiger partial charge in [-0.25, -0.2) is 23.0 Å². The van der Waals surface area contributed by atoms with Crippen molar-refractivity contribution >= 4 is 72.2 Å². The summed E-state index contributed by atoms with van der Waals surface area (Å²) < 4.78 is 35.2. The molecule has 2 aromatic heterocycles. The average molecular weight is 900 g/mol. The number of ether oxygens (including phenoxy) is 1. The van der Waals surface area contributed by atoms with Gasteiger partial charge in [-0.05, 0) is 86.0 Å². The molecule has 17 heteroatoms. The number of H-pyrrole nitrogens is 1. The molecule has 0 saturated heterocycles. The van der Waals surface area contributed by atoms with Crippen LogP contribution in [0.25, 0.3) is 44.1 Å². The van der Waals surface area contributed by atoms with E-state index in [2.05, 4.69) is 19.7 Å². The molecule has 0 radical (unpaired) electrons. The van der Waals surface area contributed by atoms with E-state index >= 15 is 0 Å². The molecule has 0 aliphatic heterocycles. The summed E-state index contributed by atoms with van der Waals surface area (Å²) in [4.78, 5) is 63.7. The zero-order valence-corrected chi connectivity index (χ0v) is 36.9. The summed E-state index contributed by atoms with van der Waals surface area (Å²) in [7, 11) is -0.405. The van der Waals surface area contributed by atoms with Crippen molar-refractivity contribution < 1.29 is 42.5 Å². The van der Waals surface area contributed by atoms with Crippen molar-refractivity contribution in [3.05, 3.63) is 120 Å². The first-order chi connectivity index (χ1) is 31.2. The van der Waals surface area contributed by atoms with Gasteiger partial charge in [-0.1, -0.05) is 55.7 Å². The van der Waals surface area contributed by atoms with Gasteiger partial charge in [-0.15, -0.1) is 4.83 Å². The predicted molar refractivity (Wildman–Crippen MR) is 247 cm³/mol. The fourth-order valence-corrected chi connectivity index (χ4v) is 9.95. The molecule has 2 heterocycles. The highest BCUT2D eigenvalue weighted by Crippen LogP contribution is 2.37.